The summed E-state index contributed by atoms with van der Waals surface area (Å²) in [6, 6.07) is 6.60. The third-order valence-electron chi connectivity index (χ3n) is 2.70. The summed E-state index contributed by atoms with van der Waals surface area (Å²) in [5, 5.41) is 17.8. The van der Waals surface area contributed by atoms with Crippen LogP contribution >= 0.6 is 0 Å². The van der Waals surface area contributed by atoms with Crippen molar-refractivity contribution < 1.29 is 19.4 Å². The van der Waals surface area contributed by atoms with Crippen LogP contribution in [0, 0.1) is 16.7 Å². The second kappa shape index (κ2) is 6.10. The van der Waals surface area contributed by atoms with Crippen LogP contribution in [0.4, 0.5) is 0 Å². The summed E-state index contributed by atoms with van der Waals surface area (Å²) in [4.78, 5) is 10.9. The van der Waals surface area contributed by atoms with Crippen molar-refractivity contribution in [2.24, 2.45) is 5.41 Å². The van der Waals surface area contributed by atoms with Crippen molar-refractivity contribution in [3.63, 3.8) is 0 Å². The molecule has 0 amide bonds. The number of rotatable bonds is 6. The monoisotopic (exact) mass is 263 g/mol. The molecular weight excluding hydrogens is 246 g/mol. The summed E-state index contributed by atoms with van der Waals surface area (Å²) in [6.45, 7) is 3.96. The van der Waals surface area contributed by atoms with Gasteiger partial charge >= 0.3 is 5.97 Å². The fourth-order valence-corrected chi connectivity index (χ4v) is 1.39. The van der Waals surface area contributed by atoms with E-state index in [4.69, 9.17) is 19.8 Å². The second-order valence-electron chi connectivity index (χ2n) is 4.76. The molecule has 0 saturated heterocycles. The van der Waals surface area contributed by atoms with Crippen LogP contribution < -0.4 is 9.47 Å². The van der Waals surface area contributed by atoms with Crippen molar-refractivity contribution in [3.05, 3.63) is 23.8 Å². The van der Waals surface area contributed by atoms with Gasteiger partial charge in [0.25, 0.3) is 0 Å². The van der Waals surface area contributed by atoms with E-state index in [1.807, 2.05) is 13.8 Å². The van der Waals surface area contributed by atoms with Gasteiger partial charge < -0.3 is 14.6 Å². The smallest absolute Gasteiger partial charge is 0.335 e. The largest absolute Gasteiger partial charge is 0.493 e. The molecule has 0 aliphatic rings. The first-order valence-electron chi connectivity index (χ1n) is 5.85. The molecule has 1 rings (SSSR count). The first kappa shape index (κ1) is 14.8. The Hall–Kier alpha value is -2.22. The lowest BCUT2D eigenvalue weighted by atomic mass is 9.92. The maximum Gasteiger partial charge on any atom is 0.335 e. The van der Waals surface area contributed by atoms with Crippen LogP contribution in [0.25, 0.3) is 0 Å². The number of benzene rings is 1. The van der Waals surface area contributed by atoms with Gasteiger partial charge in [-0.2, -0.15) is 5.26 Å². The highest BCUT2D eigenvalue weighted by Gasteiger charge is 2.17. The Morgan fingerprint density at radius 2 is 2.11 bits per heavy atom. The molecule has 0 bridgehead atoms. The molecular formula is C14H17NO4. The van der Waals surface area contributed by atoms with Gasteiger partial charge in [0.05, 0.1) is 30.8 Å². The minimum Gasteiger partial charge on any atom is -0.493 e. The number of carboxylic acids is 1. The number of nitrogens with zero attached hydrogens (tertiary/aromatic N) is 1. The van der Waals surface area contributed by atoms with E-state index in [2.05, 4.69) is 6.07 Å². The van der Waals surface area contributed by atoms with Gasteiger partial charge in [-0.15, -0.1) is 0 Å². The van der Waals surface area contributed by atoms with Crippen LogP contribution in [0.3, 0.4) is 0 Å². The number of nitriles is 1. The summed E-state index contributed by atoms with van der Waals surface area (Å²) in [7, 11) is 1.49. The van der Waals surface area contributed by atoms with E-state index in [0.29, 0.717) is 24.5 Å². The summed E-state index contributed by atoms with van der Waals surface area (Å²) in [5.41, 5.74) is -0.340. The topological polar surface area (TPSA) is 79.6 Å². The Morgan fingerprint density at radius 1 is 1.42 bits per heavy atom. The maximum absolute atomic E-state index is 10.9. The maximum atomic E-state index is 10.9. The van der Waals surface area contributed by atoms with Gasteiger partial charge in [0, 0.05) is 0 Å². The average Bonchev–Trinajstić information content (AvgIpc) is 2.38. The van der Waals surface area contributed by atoms with E-state index in [9.17, 15) is 4.79 Å². The van der Waals surface area contributed by atoms with Gasteiger partial charge in [-0.3, -0.25) is 0 Å². The standard InChI is InChI=1S/C14H17NO4/c1-14(2,9-15)6-7-19-12-8-10(13(16)17)4-5-11(12)18-3/h4-5,8H,6-7H2,1-3H3,(H,16,17). The van der Waals surface area contributed by atoms with Crippen molar-refractivity contribution >= 4 is 5.97 Å². The van der Waals surface area contributed by atoms with Crippen molar-refractivity contribution in [1.29, 1.82) is 5.26 Å². The molecule has 0 fully saturated rings. The zero-order valence-electron chi connectivity index (χ0n) is 11.3. The van der Waals surface area contributed by atoms with Crippen LogP contribution in [0.2, 0.25) is 0 Å². The Labute approximate surface area is 112 Å². The minimum absolute atomic E-state index is 0.135. The molecule has 1 N–H and O–H groups in total. The molecule has 0 aliphatic carbocycles. The second-order valence-corrected chi connectivity index (χ2v) is 4.76. The first-order valence-corrected chi connectivity index (χ1v) is 5.85. The summed E-state index contributed by atoms with van der Waals surface area (Å²) < 4.78 is 10.6. The minimum atomic E-state index is -1.02. The number of aromatic carboxylic acids is 1. The molecule has 5 heteroatoms. The van der Waals surface area contributed by atoms with Crippen LogP contribution in [0.5, 0.6) is 11.5 Å². The fourth-order valence-electron chi connectivity index (χ4n) is 1.39. The molecule has 0 radical (unpaired) electrons. The zero-order chi connectivity index (χ0) is 14.5. The lowest BCUT2D eigenvalue weighted by Crippen LogP contribution is -2.13. The van der Waals surface area contributed by atoms with E-state index in [1.54, 1.807) is 6.07 Å². The van der Waals surface area contributed by atoms with Crippen LogP contribution in [-0.2, 0) is 0 Å². The van der Waals surface area contributed by atoms with Crippen molar-refractivity contribution in [2.45, 2.75) is 20.3 Å². The normalized spacial score (nSPS) is 10.6. The van der Waals surface area contributed by atoms with Crippen LogP contribution in [-0.4, -0.2) is 24.8 Å². The number of hydrogen-bond donors (Lipinski definition) is 1. The molecule has 0 aromatic heterocycles. The lowest BCUT2D eigenvalue weighted by Gasteiger charge is -2.16. The predicted octanol–water partition coefficient (Wildman–Crippen LogP) is 2.71. The van der Waals surface area contributed by atoms with E-state index < -0.39 is 11.4 Å². The fraction of sp³-hybridized carbons (Fsp3) is 0.429. The molecule has 1 aromatic rings. The molecule has 102 valence electrons. The average molecular weight is 263 g/mol. The van der Waals surface area contributed by atoms with Crippen LogP contribution in [0.15, 0.2) is 18.2 Å². The Bertz CT molecular complexity index is 503. The molecule has 19 heavy (non-hydrogen) atoms. The lowest BCUT2D eigenvalue weighted by molar-refractivity contribution is 0.0696. The molecule has 0 aliphatic heterocycles. The molecule has 1 aromatic carbocycles. The highest BCUT2D eigenvalue weighted by atomic mass is 16.5. The third-order valence-corrected chi connectivity index (χ3v) is 2.70. The van der Waals surface area contributed by atoms with E-state index in [1.165, 1.54) is 19.2 Å². The van der Waals surface area contributed by atoms with Crippen LogP contribution in [0.1, 0.15) is 30.6 Å². The molecule has 0 spiro atoms. The number of carboxylic acid groups (broad SMARTS) is 1. The summed E-state index contributed by atoms with van der Waals surface area (Å²) >= 11 is 0. The van der Waals surface area contributed by atoms with Gasteiger partial charge in [-0.05, 0) is 38.5 Å². The molecule has 0 saturated carbocycles. The molecule has 0 unspecified atom stereocenters. The zero-order valence-corrected chi connectivity index (χ0v) is 11.3. The summed E-state index contributed by atoms with van der Waals surface area (Å²) in [5.74, 6) is -0.180. The first-order chi connectivity index (χ1) is 8.89. The van der Waals surface area contributed by atoms with Gasteiger partial charge in [0.15, 0.2) is 11.5 Å². The molecule has 0 atom stereocenters. The number of ether oxygens (including phenoxy) is 2. The van der Waals surface area contributed by atoms with Gasteiger partial charge in [0.2, 0.25) is 0 Å². The van der Waals surface area contributed by atoms with E-state index in [-0.39, 0.29) is 5.56 Å². The van der Waals surface area contributed by atoms with Crippen molar-refractivity contribution in [3.8, 4) is 17.6 Å². The number of hydrogen-bond acceptors (Lipinski definition) is 4. The van der Waals surface area contributed by atoms with E-state index in [0.717, 1.165) is 0 Å². The number of carbonyl (C=O) groups is 1. The highest BCUT2D eigenvalue weighted by molar-refractivity contribution is 5.88. The Kier molecular flexibility index (Phi) is 4.76. The predicted molar refractivity (Wildman–Crippen MR) is 69.5 cm³/mol. The quantitative estimate of drug-likeness (QED) is 0.853. The molecule has 5 nitrogen and oxygen atoms in total. The van der Waals surface area contributed by atoms with Crippen molar-refractivity contribution in [1.82, 2.24) is 0 Å². The Balaban J connectivity index is 2.79. The highest BCUT2D eigenvalue weighted by Crippen LogP contribution is 2.29. The van der Waals surface area contributed by atoms with E-state index >= 15 is 0 Å². The van der Waals surface area contributed by atoms with Gasteiger partial charge in [-0.25, -0.2) is 4.79 Å². The molecule has 0 heterocycles. The van der Waals surface area contributed by atoms with Crippen molar-refractivity contribution in [2.75, 3.05) is 13.7 Å². The Morgan fingerprint density at radius 3 is 2.63 bits per heavy atom. The SMILES string of the molecule is COc1ccc(C(=O)O)cc1OCCC(C)(C)C#N. The summed E-state index contributed by atoms with van der Waals surface area (Å²) in [6.07, 6.45) is 0.546. The number of methoxy groups -OCH3 is 1. The van der Waals surface area contributed by atoms with Gasteiger partial charge in [0.1, 0.15) is 0 Å². The van der Waals surface area contributed by atoms with Gasteiger partial charge in [-0.1, -0.05) is 0 Å². The third kappa shape index (κ3) is 4.18.